The van der Waals surface area contributed by atoms with E-state index in [4.69, 9.17) is 18.9 Å². The minimum Gasteiger partial charge on any atom is -0.493 e. The van der Waals surface area contributed by atoms with Crippen molar-refractivity contribution in [3.05, 3.63) is 23.8 Å². The second-order valence-corrected chi connectivity index (χ2v) is 6.37. The van der Waals surface area contributed by atoms with Crippen LogP contribution in [-0.2, 0) is 16.1 Å². The monoisotopic (exact) mass is 368 g/mol. The van der Waals surface area contributed by atoms with Crippen LogP contribution < -0.4 is 14.8 Å². The summed E-state index contributed by atoms with van der Waals surface area (Å²) in [6.45, 7) is 6.94. The summed E-state index contributed by atoms with van der Waals surface area (Å²) in [4.78, 5) is 2.41. The van der Waals surface area contributed by atoms with Gasteiger partial charge in [-0.05, 0) is 37.2 Å². The van der Waals surface area contributed by atoms with Gasteiger partial charge in [0.15, 0.2) is 11.5 Å². The maximum absolute atomic E-state index is 10.00. The minimum atomic E-state index is -0.515. The highest BCUT2D eigenvalue weighted by molar-refractivity contribution is 5.42. The summed E-state index contributed by atoms with van der Waals surface area (Å²) in [7, 11) is 3.22. The number of aliphatic hydroxyl groups is 1. The van der Waals surface area contributed by atoms with Gasteiger partial charge in [-0.2, -0.15) is 0 Å². The fraction of sp³-hybridized carbons (Fsp3) is 0.684. The number of methoxy groups -OCH3 is 2. The molecule has 1 saturated heterocycles. The first kappa shape index (κ1) is 20.9. The maximum atomic E-state index is 10.00. The molecule has 1 heterocycles. The zero-order valence-corrected chi connectivity index (χ0v) is 15.9. The lowest BCUT2D eigenvalue weighted by molar-refractivity contribution is 0.0278. The Morgan fingerprint density at radius 1 is 1.19 bits per heavy atom. The lowest BCUT2D eigenvalue weighted by Crippen LogP contribution is -2.38. The maximum Gasteiger partial charge on any atom is 0.161 e. The molecular weight excluding hydrogens is 336 g/mol. The zero-order valence-electron chi connectivity index (χ0n) is 15.9. The molecule has 1 aromatic rings. The van der Waals surface area contributed by atoms with Gasteiger partial charge in [0.1, 0.15) is 0 Å². The molecule has 0 radical (unpaired) electrons. The second kappa shape index (κ2) is 12.1. The summed E-state index contributed by atoms with van der Waals surface area (Å²) in [5.74, 6) is 1.37. The highest BCUT2D eigenvalue weighted by Crippen LogP contribution is 2.27. The molecule has 2 rings (SSSR count). The Morgan fingerprint density at radius 2 is 1.96 bits per heavy atom. The number of hydrogen-bond acceptors (Lipinski definition) is 7. The number of nitrogens with one attached hydrogen (secondary N) is 1. The average molecular weight is 368 g/mol. The Morgan fingerprint density at radius 3 is 2.69 bits per heavy atom. The van der Waals surface area contributed by atoms with Crippen LogP contribution in [0, 0.1) is 0 Å². The molecule has 0 spiro atoms. The van der Waals surface area contributed by atoms with Crippen LogP contribution in [0.3, 0.4) is 0 Å². The molecule has 0 bridgehead atoms. The van der Waals surface area contributed by atoms with E-state index in [-0.39, 0.29) is 0 Å². The SMILES string of the molecule is COc1ccc(COC[C@@H](O)CNCCCN2CCOCC2)cc1OC. The first-order valence-corrected chi connectivity index (χ1v) is 9.20. The molecular formula is C19H32N2O5. The minimum absolute atomic E-state index is 0.296. The molecule has 0 aromatic heterocycles. The third-order valence-corrected chi connectivity index (χ3v) is 4.34. The number of rotatable bonds is 12. The highest BCUT2D eigenvalue weighted by Gasteiger charge is 2.10. The summed E-state index contributed by atoms with van der Waals surface area (Å²) in [5, 5.41) is 13.3. The largest absolute Gasteiger partial charge is 0.493 e. The van der Waals surface area contributed by atoms with Gasteiger partial charge >= 0.3 is 0 Å². The summed E-state index contributed by atoms with van der Waals surface area (Å²) < 4.78 is 21.4. The molecule has 1 atom stereocenters. The molecule has 1 aliphatic heterocycles. The van der Waals surface area contributed by atoms with Gasteiger partial charge in [-0.3, -0.25) is 4.90 Å². The lowest BCUT2D eigenvalue weighted by Gasteiger charge is -2.26. The van der Waals surface area contributed by atoms with E-state index in [1.807, 2.05) is 18.2 Å². The van der Waals surface area contributed by atoms with E-state index in [1.54, 1.807) is 14.2 Å². The van der Waals surface area contributed by atoms with Crippen LogP contribution in [0.4, 0.5) is 0 Å². The molecule has 7 nitrogen and oxygen atoms in total. The molecule has 1 fully saturated rings. The van der Waals surface area contributed by atoms with E-state index < -0.39 is 6.10 Å². The average Bonchev–Trinajstić information content (AvgIpc) is 2.68. The molecule has 0 amide bonds. The van der Waals surface area contributed by atoms with Crippen molar-refractivity contribution < 1.29 is 24.1 Å². The van der Waals surface area contributed by atoms with Gasteiger partial charge in [0, 0.05) is 19.6 Å². The van der Waals surface area contributed by atoms with Crippen LogP contribution in [0.2, 0.25) is 0 Å². The third-order valence-electron chi connectivity index (χ3n) is 4.34. The smallest absolute Gasteiger partial charge is 0.161 e. The molecule has 0 aliphatic carbocycles. The highest BCUT2D eigenvalue weighted by atomic mass is 16.5. The molecule has 7 heteroatoms. The Hall–Kier alpha value is -1.38. The van der Waals surface area contributed by atoms with Crippen molar-refractivity contribution in [1.29, 1.82) is 0 Å². The summed E-state index contributed by atoms with van der Waals surface area (Å²) in [6, 6.07) is 5.66. The topological polar surface area (TPSA) is 72.4 Å². The number of nitrogens with zero attached hydrogens (tertiary/aromatic N) is 1. The number of morpholine rings is 1. The van der Waals surface area contributed by atoms with E-state index in [2.05, 4.69) is 10.2 Å². The second-order valence-electron chi connectivity index (χ2n) is 6.37. The number of benzene rings is 1. The van der Waals surface area contributed by atoms with Crippen LogP contribution in [0.5, 0.6) is 11.5 Å². The van der Waals surface area contributed by atoms with Crippen molar-refractivity contribution >= 4 is 0 Å². The predicted octanol–water partition coefficient (Wildman–Crippen LogP) is 0.893. The quantitative estimate of drug-likeness (QED) is 0.531. The lowest BCUT2D eigenvalue weighted by atomic mass is 10.2. The van der Waals surface area contributed by atoms with Gasteiger partial charge in [0.25, 0.3) is 0 Å². The van der Waals surface area contributed by atoms with Gasteiger partial charge < -0.3 is 29.4 Å². The van der Waals surface area contributed by atoms with Crippen molar-refractivity contribution in [1.82, 2.24) is 10.2 Å². The standard InChI is InChI=1S/C19H32N2O5/c1-23-18-5-4-16(12-19(18)24-2)14-26-15-17(22)13-20-6-3-7-21-8-10-25-11-9-21/h4-5,12,17,20,22H,3,6-11,13-15H2,1-2H3/t17-/m0/s1. The Bertz CT molecular complexity index is 509. The Labute approximate surface area is 156 Å². The first-order chi connectivity index (χ1) is 12.7. The Kier molecular flexibility index (Phi) is 9.73. The van der Waals surface area contributed by atoms with Crippen LogP contribution in [-0.4, -0.2) is 82.9 Å². The van der Waals surface area contributed by atoms with Crippen molar-refractivity contribution in [2.24, 2.45) is 0 Å². The molecule has 2 N–H and O–H groups in total. The summed E-state index contributed by atoms with van der Waals surface area (Å²) >= 11 is 0. The van der Waals surface area contributed by atoms with Gasteiger partial charge in [-0.1, -0.05) is 6.07 Å². The third kappa shape index (κ3) is 7.47. The summed E-state index contributed by atoms with van der Waals surface area (Å²) in [5.41, 5.74) is 0.980. The Balaban J connectivity index is 1.53. The molecule has 1 aliphatic rings. The van der Waals surface area contributed by atoms with Crippen LogP contribution in [0.15, 0.2) is 18.2 Å². The van der Waals surface area contributed by atoms with Gasteiger partial charge in [-0.25, -0.2) is 0 Å². The number of ether oxygens (including phenoxy) is 4. The summed E-state index contributed by atoms with van der Waals surface area (Å²) in [6.07, 6.45) is 0.553. The molecule has 148 valence electrons. The van der Waals surface area contributed by atoms with Gasteiger partial charge in [0.2, 0.25) is 0 Å². The fourth-order valence-corrected chi connectivity index (χ4v) is 2.86. The van der Waals surface area contributed by atoms with Crippen molar-refractivity contribution in [2.45, 2.75) is 19.1 Å². The van der Waals surface area contributed by atoms with E-state index in [0.717, 1.165) is 51.4 Å². The predicted molar refractivity (Wildman–Crippen MR) is 100.0 cm³/mol. The van der Waals surface area contributed by atoms with Crippen LogP contribution in [0.25, 0.3) is 0 Å². The molecule has 26 heavy (non-hydrogen) atoms. The van der Waals surface area contributed by atoms with Gasteiger partial charge in [0.05, 0.1) is 46.8 Å². The molecule has 0 saturated carbocycles. The number of hydrogen-bond donors (Lipinski definition) is 2. The van der Waals surface area contributed by atoms with Crippen molar-refractivity contribution in [2.75, 3.05) is 66.8 Å². The van der Waals surface area contributed by atoms with E-state index >= 15 is 0 Å². The van der Waals surface area contributed by atoms with E-state index in [9.17, 15) is 5.11 Å². The van der Waals surface area contributed by atoms with Gasteiger partial charge in [-0.15, -0.1) is 0 Å². The molecule has 0 unspecified atom stereocenters. The normalized spacial score (nSPS) is 16.4. The fourth-order valence-electron chi connectivity index (χ4n) is 2.86. The first-order valence-electron chi connectivity index (χ1n) is 9.20. The van der Waals surface area contributed by atoms with Crippen LogP contribution in [0.1, 0.15) is 12.0 Å². The van der Waals surface area contributed by atoms with E-state index in [1.165, 1.54) is 0 Å². The van der Waals surface area contributed by atoms with Crippen LogP contribution >= 0.6 is 0 Å². The zero-order chi connectivity index (χ0) is 18.6. The van der Waals surface area contributed by atoms with E-state index in [0.29, 0.717) is 31.3 Å². The van der Waals surface area contributed by atoms with Crippen molar-refractivity contribution in [3.8, 4) is 11.5 Å². The number of aliphatic hydroxyl groups excluding tert-OH is 1. The van der Waals surface area contributed by atoms with Crippen molar-refractivity contribution in [3.63, 3.8) is 0 Å². The molecule has 1 aromatic carbocycles.